The molecule has 2 heteroatoms. The van der Waals surface area contributed by atoms with Crippen LogP contribution >= 0.6 is 0 Å². The van der Waals surface area contributed by atoms with Gasteiger partial charge in [-0.15, -0.1) is 0 Å². The molecule has 1 heterocycles. The maximum Gasteiger partial charge on any atom is 0.0515 e. The average molecular weight is 228 g/mol. The molecule has 1 aromatic heterocycles. The number of nitrogens with two attached hydrogens (primary N) is 1. The first kappa shape index (κ1) is 10.8. The highest BCUT2D eigenvalue weighted by Crippen LogP contribution is 2.37. The molecule has 0 fully saturated rings. The van der Waals surface area contributed by atoms with Crippen molar-refractivity contribution in [2.75, 3.05) is 0 Å². The number of nitrogens with zero attached hydrogens (tertiary/aromatic N) is 1. The van der Waals surface area contributed by atoms with Crippen molar-refractivity contribution in [2.45, 2.75) is 38.6 Å². The van der Waals surface area contributed by atoms with Gasteiger partial charge in [0.05, 0.1) is 5.52 Å². The van der Waals surface area contributed by atoms with E-state index in [1.165, 1.54) is 40.6 Å². The number of aryl methyl sites for hydroxylation is 2. The van der Waals surface area contributed by atoms with Crippen molar-refractivity contribution in [3.63, 3.8) is 0 Å². The lowest BCUT2D eigenvalue weighted by molar-refractivity contribution is 0.557. The van der Waals surface area contributed by atoms with Crippen LogP contribution in [0.25, 0.3) is 10.9 Å². The number of hydrogen-bond acceptors (Lipinski definition) is 1. The first-order valence-corrected chi connectivity index (χ1v) is 6.58. The zero-order chi connectivity index (χ0) is 12.0. The zero-order valence-corrected chi connectivity index (χ0v) is 10.7. The monoisotopic (exact) mass is 228 g/mol. The van der Waals surface area contributed by atoms with Gasteiger partial charge >= 0.3 is 0 Å². The van der Waals surface area contributed by atoms with E-state index in [0.29, 0.717) is 0 Å². The zero-order valence-electron chi connectivity index (χ0n) is 10.7. The molecule has 1 aliphatic carbocycles. The second-order valence-electron chi connectivity index (χ2n) is 5.08. The van der Waals surface area contributed by atoms with Crippen LogP contribution < -0.4 is 5.73 Å². The Balaban J connectivity index is 2.40. The van der Waals surface area contributed by atoms with Crippen molar-refractivity contribution in [2.24, 2.45) is 12.8 Å². The summed E-state index contributed by atoms with van der Waals surface area (Å²) >= 11 is 0. The van der Waals surface area contributed by atoms with E-state index in [4.69, 9.17) is 5.73 Å². The standard InChI is InChI=1S/C15H20N2/c1-3-10-6-4-7-11-14-12(16)8-5-9-13(14)17(2)15(10)11/h4,6-7,12H,3,5,8-9,16H2,1-2H3. The van der Waals surface area contributed by atoms with E-state index in [0.717, 1.165) is 12.8 Å². The van der Waals surface area contributed by atoms with Gasteiger partial charge < -0.3 is 10.3 Å². The smallest absolute Gasteiger partial charge is 0.0515 e. The Labute approximate surface area is 102 Å². The molecular formula is C15H20N2. The van der Waals surface area contributed by atoms with Crippen LogP contribution in [0.2, 0.25) is 0 Å². The summed E-state index contributed by atoms with van der Waals surface area (Å²) in [5.74, 6) is 0. The minimum atomic E-state index is 0.231. The molecule has 2 nitrogen and oxygen atoms in total. The first-order valence-electron chi connectivity index (χ1n) is 6.58. The number of para-hydroxylation sites is 1. The molecule has 17 heavy (non-hydrogen) atoms. The van der Waals surface area contributed by atoms with E-state index < -0.39 is 0 Å². The van der Waals surface area contributed by atoms with Gasteiger partial charge in [-0.2, -0.15) is 0 Å². The van der Waals surface area contributed by atoms with Crippen LogP contribution in [0.5, 0.6) is 0 Å². The number of fused-ring (bicyclic) bond motifs is 3. The predicted molar refractivity (Wildman–Crippen MR) is 72.2 cm³/mol. The molecule has 0 saturated heterocycles. The van der Waals surface area contributed by atoms with Gasteiger partial charge in [0.15, 0.2) is 0 Å². The highest BCUT2D eigenvalue weighted by molar-refractivity contribution is 5.89. The Morgan fingerprint density at radius 3 is 3.00 bits per heavy atom. The van der Waals surface area contributed by atoms with E-state index in [1.54, 1.807) is 0 Å². The molecule has 0 radical (unpaired) electrons. The Morgan fingerprint density at radius 1 is 1.41 bits per heavy atom. The molecule has 0 aliphatic heterocycles. The van der Waals surface area contributed by atoms with Crippen LogP contribution in [0.4, 0.5) is 0 Å². The van der Waals surface area contributed by atoms with Gasteiger partial charge in [0, 0.05) is 24.2 Å². The third-order valence-electron chi connectivity index (χ3n) is 4.14. The van der Waals surface area contributed by atoms with Crippen LogP contribution in [-0.4, -0.2) is 4.57 Å². The second kappa shape index (κ2) is 3.88. The summed E-state index contributed by atoms with van der Waals surface area (Å²) in [5, 5.41) is 1.38. The summed E-state index contributed by atoms with van der Waals surface area (Å²) in [6.45, 7) is 2.22. The van der Waals surface area contributed by atoms with Crippen molar-refractivity contribution in [3.8, 4) is 0 Å². The van der Waals surface area contributed by atoms with Gasteiger partial charge in [0.25, 0.3) is 0 Å². The number of aromatic nitrogens is 1. The van der Waals surface area contributed by atoms with Gasteiger partial charge in [0.2, 0.25) is 0 Å². The summed E-state index contributed by atoms with van der Waals surface area (Å²) in [6, 6.07) is 6.87. The maximum atomic E-state index is 6.30. The Bertz CT molecular complexity index is 566. The lowest BCUT2D eigenvalue weighted by Crippen LogP contribution is -2.17. The van der Waals surface area contributed by atoms with Crippen molar-refractivity contribution in [1.29, 1.82) is 0 Å². The Hall–Kier alpha value is -1.28. The van der Waals surface area contributed by atoms with E-state index >= 15 is 0 Å². The molecular weight excluding hydrogens is 208 g/mol. The maximum absolute atomic E-state index is 6.30. The molecule has 1 aromatic carbocycles. The normalized spacial score (nSPS) is 19.6. The molecule has 3 rings (SSSR count). The van der Waals surface area contributed by atoms with E-state index in [9.17, 15) is 0 Å². The second-order valence-corrected chi connectivity index (χ2v) is 5.08. The van der Waals surface area contributed by atoms with Crippen molar-refractivity contribution >= 4 is 10.9 Å². The molecule has 2 aromatic rings. The topological polar surface area (TPSA) is 30.9 Å². The van der Waals surface area contributed by atoms with Crippen LogP contribution in [0.3, 0.4) is 0 Å². The minimum Gasteiger partial charge on any atom is -0.347 e. The van der Waals surface area contributed by atoms with Gasteiger partial charge in [0.1, 0.15) is 0 Å². The predicted octanol–water partition coefficient (Wildman–Crippen LogP) is 3.08. The highest BCUT2D eigenvalue weighted by atomic mass is 15.0. The summed E-state index contributed by atoms with van der Waals surface area (Å²) in [6.07, 6.45) is 4.61. The van der Waals surface area contributed by atoms with Crippen LogP contribution in [0.15, 0.2) is 18.2 Å². The number of hydrogen-bond donors (Lipinski definition) is 1. The highest BCUT2D eigenvalue weighted by Gasteiger charge is 2.24. The summed E-state index contributed by atoms with van der Waals surface area (Å²) in [7, 11) is 2.19. The largest absolute Gasteiger partial charge is 0.347 e. The molecule has 1 unspecified atom stereocenters. The average Bonchev–Trinajstić information content (AvgIpc) is 2.65. The van der Waals surface area contributed by atoms with Crippen molar-refractivity contribution in [3.05, 3.63) is 35.0 Å². The van der Waals surface area contributed by atoms with Crippen LogP contribution in [0.1, 0.15) is 42.6 Å². The molecule has 2 N–H and O–H groups in total. The third kappa shape index (κ3) is 1.44. The lowest BCUT2D eigenvalue weighted by Gasteiger charge is -2.20. The molecule has 0 spiro atoms. The molecule has 0 amide bonds. The van der Waals surface area contributed by atoms with E-state index in [2.05, 4.69) is 36.7 Å². The molecule has 1 aliphatic rings. The summed E-state index contributed by atoms with van der Waals surface area (Å²) in [5.41, 5.74) is 12.0. The van der Waals surface area contributed by atoms with Gasteiger partial charge in [-0.05, 0) is 36.8 Å². The van der Waals surface area contributed by atoms with Gasteiger partial charge in [-0.3, -0.25) is 0 Å². The number of rotatable bonds is 1. The Morgan fingerprint density at radius 2 is 2.24 bits per heavy atom. The van der Waals surface area contributed by atoms with Crippen molar-refractivity contribution in [1.82, 2.24) is 4.57 Å². The van der Waals surface area contributed by atoms with E-state index in [1.807, 2.05) is 0 Å². The SMILES string of the molecule is CCc1cccc2c3c(n(C)c12)CCCC3N. The minimum absolute atomic E-state index is 0.231. The summed E-state index contributed by atoms with van der Waals surface area (Å²) in [4.78, 5) is 0. The fraction of sp³-hybridized carbons (Fsp3) is 0.467. The van der Waals surface area contributed by atoms with Crippen LogP contribution in [0, 0.1) is 0 Å². The molecule has 0 saturated carbocycles. The number of benzene rings is 1. The lowest BCUT2D eigenvalue weighted by atomic mass is 9.91. The Kier molecular flexibility index (Phi) is 2.48. The molecule has 90 valence electrons. The fourth-order valence-electron chi connectivity index (χ4n) is 3.31. The quantitative estimate of drug-likeness (QED) is 0.799. The fourth-order valence-corrected chi connectivity index (χ4v) is 3.31. The van der Waals surface area contributed by atoms with E-state index in [-0.39, 0.29) is 6.04 Å². The third-order valence-corrected chi connectivity index (χ3v) is 4.14. The molecule has 1 atom stereocenters. The molecule has 0 bridgehead atoms. The van der Waals surface area contributed by atoms with Crippen molar-refractivity contribution < 1.29 is 0 Å². The first-order chi connectivity index (χ1) is 8.24. The van der Waals surface area contributed by atoms with Gasteiger partial charge in [-0.1, -0.05) is 25.1 Å². The van der Waals surface area contributed by atoms with Gasteiger partial charge in [-0.25, -0.2) is 0 Å². The van der Waals surface area contributed by atoms with Crippen LogP contribution in [-0.2, 0) is 19.9 Å². The summed E-state index contributed by atoms with van der Waals surface area (Å²) < 4.78 is 2.38.